The SMILES string of the molecule is CCc1cn2c3c(cc(C(=O)N[C@@H](Cc4ccccc4)[C@H](O)CNC(C)(C)CCCC(C)C)cc13)N(C)S(=O)(=O)CC2. The van der Waals surface area contributed by atoms with E-state index in [4.69, 9.17) is 0 Å². The van der Waals surface area contributed by atoms with Gasteiger partial charge in [0.15, 0.2) is 0 Å². The van der Waals surface area contributed by atoms with Gasteiger partial charge in [-0.05, 0) is 62.3 Å². The third kappa shape index (κ3) is 7.54. The van der Waals surface area contributed by atoms with Crippen molar-refractivity contribution in [1.29, 1.82) is 0 Å². The molecule has 230 valence electrons. The highest BCUT2D eigenvalue weighted by Gasteiger charge is 2.30. The van der Waals surface area contributed by atoms with Crippen LogP contribution in [0.5, 0.6) is 0 Å². The van der Waals surface area contributed by atoms with Crippen LogP contribution in [-0.4, -0.2) is 61.0 Å². The third-order valence-electron chi connectivity index (χ3n) is 8.48. The molecule has 1 amide bonds. The number of aliphatic hydroxyl groups is 1. The second-order valence-corrected chi connectivity index (χ2v) is 14.9. The summed E-state index contributed by atoms with van der Waals surface area (Å²) in [5.41, 5.74) is 3.63. The maximum absolute atomic E-state index is 13.8. The van der Waals surface area contributed by atoms with Crippen molar-refractivity contribution >= 4 is 32.5 Å². The van der Waals surface area contributed by atoms with E-state index in [-0.39, 0.29) is 17.2 Å². The van der Waals surface area contributed by atoms with Crippen molar-refractivity contribution in [3.05, 3.63) is 65.4 Å². The fourth-order valence-corrected chi connectivity index (χ4v) is 6.92. The fourth-order valence-electron chi connectivity index (χ4n) is 5.78. The summed E-state index contributed by atoms with van der Waals surface area (Å²) in [6.45, 7) is 11.5. The number of carbonyl (C=O) groups excluding carboxylic acids is 1. The molecule has 0 unspecified atom stereocenters. The van der Waals surface area contributed by atoms with Crippen LogP contribution in [0.15, 0.2) is 48.7 Å². The van der Waals surface area contributed by atoms with Gasteiger partial charge in [-0.2, -0.15) is 0 Å². The van der Waals surface area contributed by atoms with Gasteiger partial charge in [0.05, 0.1) is 29.1 Å². The summed E-state index contributed by atoms with van der Waals surface area (Å²) >= 11 is 0. The van der Waals surface area contributed by atoms with Gasteiger partial charge in [0, 0.05) is 42.8 Å². The van der Waals surface area contributed by atoms with Crippen LogP contribution >= 0.6 is 0 Å². The number of aryl methyl sites for hydroxylation is 2. The Balaban J connectivity index is 1.60. The number of hydrogen-bond donors (Lipinski definition) is 3. The highest BCUT2D eigenvalue weighted by atomic mass is 32.2. The van der Waals surface area contributed by atoms with Gasteiger partial charge in [-0.25, -0.2) is 8.42 Å². The number of hydrogen-bond acceptors (Lipinski definition) is 5. The highest BCUT2D eigenvalue weighted by molar-refractivity contribution is 7.92. The summed E-state index contributed by atoms with van der Waals surface area (Å²) in [7, 11) is -1.97. The molecule has 4 rings (SSSR count). The van der Waals surface area contributed by atoms with E-state index in [1.54, 1.807) is 13.1 Å². The summed E-state index contributed by atoms with van der Waals surface area (Å²) in [4.78, 5) is 13.8. The molecule has 0 saturated carbocycles. The Hall–Kier alpha value is -2.88. The molecule has 2 heterocycles. The Morgan fingerprint density at radius 3 is 2.52 bits per heavy atom. The number of amides is 1. The lowest BCUT2D eigenvalue weighted by Gasteiger charge is -2.31. The van der Waals surface area contributed by atoms with Crippen LogP contribution in [0.1, 0.15) is 75.4 Å². The minimum absolute atomic E-state index is 0.00119. The van der Waals surface area contributed by atoms with Crippen LogP contribution in [-0.2, 0) is 29.4 Å². The monoisotopic (exact) mass is 596 g/mol. The lowest BCUT2D eigenvalue weighted by Crippen LogP contribution is -2.52. The van der Waals surface area contributed by atoms with Crippen molar-refractivity contribution < 1.29 is 18.3 Å². The molecule has 0 saturated heterocycles. The molecule has 3 N–H and O–H groups in total. The first-order chi connectivity index (χ1) is 19.8. The molecule has 1 aliphatic rings. The van der Waals surface area contributed by atoms with Gasteiger partial charge < -0.3 is 20.3 Å². The van der Waals surface area contributed by atoms with E-state index < -0.39 is 22.2 Å². The van der Waals surface area contributed by atoms with E-state index in [0.29, 0.717) is 36.7 Å². The summed E-state index contributed by atoms with van der Waals surface area (Å²) < 4.78 is 29.2. The van der Waals surface area contributed by atoms with Crippen molar-refractivity contribution in [1.82, 2.24) is 15.2 Å². The Labute approximate surface area is 251 Å². The molecule has 0 fully saturated rings. The second kappa shape index (κ2) is 13.2. The maximum Gasteiger partial charge on any atom is 0.251 e. The molecule has 0 radical (unpaired) electrons. The molecule has 1 aliphatic heterocycles. The van der Waals surface area contributed by atoms with Crippen LogP contribution in [0.3, 0.4) is 0 Å². The number of rotatable bonds is 13. The number of aliphatic hydroxyl groups excluding tert-OH is 1. The molecule has 0 bridgehead atoms. The predicted molar refractivity (Wildman–Crippen MR) is 172 cm³/mol. The fraction of sp³-hybridized carbons (Fsp3) is 0.545. The molecule has 42 heavy (non-hydrogen) atoms. The normalized spacial score (nSPS) is 16.4. The lowest BCUT2D eigenvalue weighted by atomic mass is 9.93. The van der Waals surface area contributed by atoms with Crippen LogP contribution in [0, 0.1) is 5.92 Å². The zero-order valence-electron chi connectivity index (χ0n) is 26.0. The van der Waals surface area contributed by atoms with Crippen molar-refractivity contribution in [2.75, 3.05) is 23.7 Å². The summed E-state index contributed by atoms with van der Waals surface area (Å²) in [6.07, 6.45) is 5.65. The second-order valence-electron chi connectivity index (χ2n) is 12.8. The molecule has 0 aliphatic carbocycles. The van der Waals surface area contributed by atoms with E-state index in [9.17, 15) is 18.3 Å². The largest absolute Gasteiger partial charge is 0.390 e. The molecule has 1 aromatic heterocycles. The molecule has 9 heteroatoms. The number of nitrogens with one attached hydrogen (secondary N) is 2. The molecule has 3 aromatic rings. The number of sulfonamides is 1. The minimum Gasteiger partial charge on any atom is -0.390 e. The first-order valence-corrected chi connectivity index (χ1v) is 16.8. The highest BCUT2D eigenvalue weighted by Crippen LogP contribution is 2.35. The van der Waals surface area contributed by atoms with Gasteiger partial charge in [-0.15, -0.1) is 0 Å². The van der Waals surface area contributed by atoms with E-state index in [1.807, 2.05) is 47.2 Å². The molecular weight excluding hydrogens is 548 g/mol. The molecule has 2 aromatic carbocycles. The smallest absolute Gasteiger partial charge is 0.251 e. The first kappa shape index (κ1) is 32.0. The Kier molecular flexibility index (Phi) is 10.1. The molecular formula is C33H48N4O4S. The lowest BCUT2D eigenvalue weighted by molar-refractivity contribution is 0.0812. The van der Waals surface area contributed by atoms with Crippen molar-refractivity contribution in [3.63, 3.8) is 0 Å². The number of aromatic nitrogens is 1. The molecule has 0 spiro atoms. The van der Waals surface area contributed by atoms with Gasteiger partial charge in [-0.1, -0.05) is 63.9 Å². The van der Waals surface area contributed by atoms with Gasteiger partial charge in [0.1, 0.15) is 0 Å². The maximum atomic E-state index is 13.8. The predicted octanol–water partition coefficient (Wildman–Crippen LogP) is 4.88. The van der Waals surface area contributed by atoms with Crippen LogP contribution < -0.4 is 14.9 Å². The van der Waals surface area contributed by atoms with E-state index in [2.05, 4.69) is 45.3 Å². The summed E-state index contributed by atoms with van der Waals surface area (Å²) in [6, 6.07) is 12.8. The summed E-state index contributed by atoms with van der Waals surface area (Å²) in [5.74, 6) is 0.315. The van der Waals surface area contributed by atoms with Gasteiger partial charge in [0.2, 0.25) is 10.0 Å². The average molecular weight is 597 g/mol. The number of β-amino-alcohol motifs (C(OH)–C–C–N with tert-alkyl or cyclic N) is 1. The topological polar surface area (TPSA) is 104 Å². The van der Waals surface area contributed by atoms with Crippen LogP contribution in [0.4, 0.5) is 5.69 Å². The van der Waals surface area contributed by atoms with Crippen LogP contribution in [0.2, 0.25) is 0 Å². The van der Waals surface area contributed by atoms with E-state index in [1.165, 1.54) is 4.31 Å². The number of nitrogens with zero attached hydrogens (tertiary/aromatic N) is 2. The average Bonchev–Trinajstić information content (AvgIpc) is 3.27. The van der Waals surface area contributed by atoms with Crippen LogP contribution in [0.25, 0.3) is 10.9 Å². The van der Waals surface area contributed by atoms with Crippen molar-refractivity contribution in [2.24, 2.45) is 5.92 Å². The van der Waals surface area contributed by atoms with E-state index in [0.717, 1.165) is 47.7 Å². The Bertz CT molecular complexity index is 1480. The van der Waals surface area contributed by atoms with Crippen molar-refractivity contribution in [3.8, 4) is 0 Å². The van der Waals surface area contributed by atoms with Gasteiger partial charge in [-0.3, -0.25) is 9.10 Å². The minimum atomic E-state index is -3.52. The van der Waals surface area contributed by atoms with Gasteiger partial charge >= 0.3 is 0 Å². The number of carbonyl (C=O) groups is 1. The van der Waals surface area contributed by atoms with Gasteiger partial charge in [0.25, 0.3) is 5.91 Å². The number of benzene rings is 2. The van der Waals surface area contributed by atoms with E-state index >= 15 is 0 Å². The molecule has 2 atom stereocenters. The standard InChI is InChI=1S/C33H48N4O4S/c1-7-25-22-37-16-17-42(40,41)36(6)29-20-26(19-27(25)31(29)37)32(39)35-28(18-24-13-9-8-10-14-24)30(38)21-34-33(4,5)15-11-12-23(2)3/h8-10,13-14,19-20,22-23,28,30,34,38H,7,11-12,15-18,21H2,1-6H3,(H,35,39)/t28-,30+/m0/s1. The zero-order valence-corrected chi connectivity index (χ0v) is 26.8. The summed E-state index contributed by atoms with van der Waals surface area (Å²) in [5, 5.41) is 18.9. The molecule has 8 nitrogen and oxygen atoms in total. The number of anilines is 1. The Morgan fingerprint density at radius 2 is 1.86 bits per heavy atom. The van der Waals surface area contributed by atoms with Crippen molar-refractivity contribution in [2.45, 2.75) is 91.0 Å². The third-order valence-corrected chi connectivity index (χ3v) is 10.2. The Morgan fingerprint density at radius 1 is 1.14 bits per heavy atom. The quantitative estimate of drug-likeness (QED) is 0.261. The zero-order chi connectivity index (χ0) is 30.7. The first-order valence-electron chi connectivity index (χ1n) is 15.2.